The molecule has 226 valence electrons. The molecule has 1 aliphatic rings. The molecular weight excluding hydrogens is 597 g/mol. The summed E-state index contributed by atoms with van der Waals surface area (Å²) in [7, 11) is -4.61. The smallest absolute Gasteiger partial charge is 0.369 e. The van der Waals surface area contributed by atoms with E-state index < -0.39 is 62.6 Å². The van der Waals surface area contributed by atoms with Crippen LogP contribution in [-0.4, -0.2) is 47.8 Å². The highest BCUT2D eigenvalue weighted by atomic mass is 32.2. The molecule has 2 aromatic carbocycles. The Bertz CT molecular complexity index is 1550. The lowest BCUT2D eigenvalue weighted by Crippen LogP contribution is -2.54. The van der Waals surface area contributed by atoms with Gasteiger partial charge in [-0.3, -0.25) is 19.1 Å². The molecule has 2 N–H and O–H groups in total. The van der Waals surface area contributed by atoms with Gasteiger partial charge in [-0.25, -0.2) is 12.8 Å². The molecule has 8 nitrogen and oxygen atoms in total. The van der Waals surface area contributed by atoms with Gasteiger partial charge in [-0.1, -0.05) is 12.1 Å². The molecule has 4 rings (SSSR count). The van der Waals surface area contributed by atoms with Gasteiger partial charge in [0.25, 0.3) is 15.6 Å². The van der Waals surface area contributed by atoms with Crippen molar-refractivity contribution in [3.05, 3.63) is 83.2 Å². The number of nitrogens with one attached hydrogen (secondary N) is 1. The number of hydrogen-bond donors (Lipinski definition) is 2. The summed E-state index contributed by atoms with van der Waals surface area (Å²) in [4.78, 5) is 20.5. The lowest BCUT2D eigenvalue weighted by Gasteiger charge is -2.39. The van der Waals surface area contributed by atoms with Crippen LogP contribution in [0.15, 0.2) is 59.8 Å². The highest BCUT2D eigenvalue weighted by Gasteiger charge is 2.71. The number of aromatic nitrogens is 2. The Labute approximate surface area is 235 Å². The van der Waals surface area contributed by atoms with E-state index in [0.717, 1.165) is 34.6 Å². The summed E-state index contributed by atoms with van der Waals surface area (Å²) in [5.41, 5.74) is -6.24. The number of carbonyl (C=O) groups is 1. The summed E-state index contributed by atoms with van der Waals surface area (Å²) in [6.45, 7) is 1.67. The van der Waals surface area contributed by atoms with Crippen molar-refractivity contribution in [2.45, 2.75) is 61.6 Å². The third kappa shape index (κ3) is 5.90. The molecule has 1 unspecified atom stereocenters. The minimum absolute atomic E-state index is 0.0447. The van der Waals surface area contributed by atoms with E-state index in [2.05, 4.69) is 15.3 Å². The van der Waals surface area contributed by atoms with Crippen LogP contribution in [0.2, 0.25) is 0 Å². The van der Waals surface area contributed by atoms with Gasteiger partial charge in [-0.05, 0) is 55.7 Å². The third-order valence-corrected chi connectivity index (χ3v) is 8.61. The summed E-state index contributed by atoms with van der Waals surface area (Å²) in [5.74, 6) is -1.38. The minimum Gasteiger partial charge on any atom is -0.369 e. The Balaban J connectivity index is 1.73. The fraction of sp³-hybridized carbons (Fsp3) is 0.346. The Hall–Kier alpha value is -3.79. The summed E-state index contributed by atoms with van der Waals surface area (Å²) in [6, 6.07) is 3.99. The maximum Gasteiger partial charge on any atom is 0.430 e. The molecule has 0 saturated heterocycles. The summed E-state index contributed by atoms with van der Waals surface area (Å²) >= 11 is 0. The molecular formula is C26H23F7N4O4S. The number of aryl methyl sites for hydroxylation is 2. The summed E-state index contributed by atoms with van der Waals surface area (Å²) in [6.07, 6.45) is -10.2. The van der Waals surface area contributed by atoms with Crippen molar-refractivity contribution in [2.24, 2.45) is 0 Å². The Kier molecular flexibility index (Phi) is 8.25. The largest absolute Gasteiger partial charge is 0.430 e. The first-order valence-electron chi connectivity index (χ1n) is 12.3. The van der Waals surface area contributed by atoms with Crippen molar-refractivity contribution in [1.29, 1.82) is 0 Å². The van der Waals surface area contributed by atoms with Crippen LogP contribution in [0.1, 0.15) is 35.4 Å². The zero-order valence-corrected chi connectivity index (χ0v) is 22.5. The highest BCUT2D eigenvalue weighted by Crippen LogP contribution is 2.51. The molecule has 0 saturated carbocycles. The van der Waals surface area contributed by atoms with Crippen molar-refractivity contribution in [1.82, 2.24) is 15.3 Å². The Morgan fingerprint density at radius 1 is 1.02 bits per heavy atom. The second-order valence-electron chi connectivity index (χ2n) is 9.63. The molecule has 1 atom stereocenters. The van der Waals surface area contributed by atoms with Gasteiger partial charge < -0.3 is 10.4 Å². The molecule has 3 aromatic rings. The third-order valence-electron chi connectivity index (χ3n) is 6.73. The zero-order chi connectivity index (χ0) is 31.1. The van der Waals surface area contributed by atoms with Crippen molar-refractivity contribution in [2.75, 3.05) is 4.31 Å². The molecule has 1 amide bonds. The number of sulfonamides is 1. The molecule has 0 bridgehead atoms. The monoisotopic (exact) mass is 620 g/mol. The Morgan fingerprint density at radius 2 is 1.67 bits per heavy atom. The SMILES string of the molecule is Cc1cnc(CNC(=O)CC2CCc3cc(C(O)(C(F)(F)F)C(F)(F)F)ccc3N2S(=O)(=O)c2ccc(F)cc2)cn1. The van der Waals surface area contributed by atoms with Crippen LogP contribution in [0.4, 0.5) is 36.4 Å². The molecule has 42 heavy (non-hydrogen) atoms. The van der Waals surface area contributed by atoms with E-state index >= 15 is 0 Å². The van der Waals surface area contributed by atoms with Gasteiger partial charge in [0.2, 0.25) is 5.91 Å². The second kappa shape index (κ2) is 11.1. The fourth-order valence-electron chi connectivity index (χ4n) is 4.57. The number of hydrogen-bond acceptors (Lipinski definition) is 6. The van der Waals surface area contributed by atoms with Crippen molar-refractivity contribution in [3.63, 3.8) is 0 Å². The number of anilines is 1. The normalized spacial score (nSPS) is 16.2. The van der Waals surface area contributed by atoms with Gasteiger partial charge in [-0.2, -0.15) is 26.3 Å². The van der Waals surface area contributed by atoms with E-state index in [4.69, 9.17) is 0 Å². The Morgan fingerprint density at radius 3 is 2.24 bits per heavy atom. The number of fused-ring (bicyclic) bond motifs is 1. The summed E-state index contributed by atoms with van der Waals surface area (Å²) < 4.78 is 123. The molecule has 1 aliphatic heterocycles. The molecule has 0 radical (unpaired) electrons. The van der Waals surface area contributed by atoms with Gasteiger partial charge in [-0.15, -0.1) is 0 Å². The van der Waals surface area contributed by atoms with Gasteiger partial charge in [0.05, 0.1) is 40.8 Å². The molecule has 0 spiro atoms. The van der Waals surface area contributed by atoms with Gasteiger partial charge in [0.15, 0.2) is 0 Å². The van der Waals surface area contributed by atoms with Gasteiger partial charge in [0, 0.05) is 18.2 Å². The van der Waals surface area contributed by atoms with Crippen LogP contribution >= 0.6 is 0 Å². The lowest BCUT2D eigenvalue weighted by molar-refractivity contribution is -0.376. The first-order chi connectivity index (χ1) is 19.4. The lowest BCUT2D eigenvalue weighted by atomic mass is 9.87. The van der Waals surface area contributed by atoms with Crippen LogP contribution in [0.3, 0.4) is 0 Å². The maximum absolute atomic E-state index is 13.7. The van der Waals surface area contributed by atoms with Gasteiger partial charge >= 0.3 is 12.4 Å². The predicted octanol–water partition coefficient (Wildman–Crippen LogP) is 4.45. The first kappa shape index (κ1) is 31.2. The van der Waals surface area contributed by atoms with E-state index in [9.17, 15) is 49.1 Å². The average molecular weight is 621 g/mol. The van der Waals surface area contributed by atoms with Crippen molar-refractivity contribution in [3.8, 4) is 0 Å². The predicted molar refractivity (Wildman–Crippen MR) is 134 cm³/mol. The van der Waals surface area contributed by atoms with E-state index in [1.54, 1.807) is 6.92 Å². The number of halogens is 7. The topological polar surface area (TPSA) is 112 Å². The first-order valence-corrected chi connectivity index (χ1v) is 13.7. The van der Waals surface area contributed by atoms with Crippen LogP contribution < -0.4 is 9.62 Å². The number of amides is 1. The van der Waals surface area contributed by atoms with E-state index in [-0.39, 0.29) is 30.6 Å². The molecule has 0 fully saturated rings. The van der Waals surface area contributed by atoms with E-state index in [1.807, 2.05) is 0 Å². The number of aliphatic hydroxyl groups is 1. The number of carbonyl (C=O) groups excluding carboxylic acids is 1. The standard InChI is InChI=1S/C26H23F7N4O4S/c1-15-12-35-19(13-34-15)14-36-23(38)11-20-6-2-16-10-17(24(39,25(28,29)30)26(31,32)33)3-9-22(16)37(20)42(40,41)21-7-4-18(27)5-8-21/h3-5,7-10,12-13,20,39H,2,6,11,14H2,1H3,(H,36,38). The highest BCUT2D eigenvalue weighted by molar-refractivity contribution is 7.92. The van der Waals surface area contributed by atoms with Crippen LogP contribution in [-0.2, 0) is 33.4 Å². The van der Waals surface area contributed by atoms with E-state index in [0.29, 0.717) is 23.5 Å². The molecule has 2 heterocycles. The molecule has 16 heteroatoms. The fourth-order valence-corrected chi connectivity index (χ4v) is 6.28. The number of rotatable bonds is 7. The minimum atomic E-state index is -6.14. The van der Waals surface area contributed by atoms with Crippen LogP contribution in [0, 0.1) is 12.7 Å². The van der Waals surface area contributed by atoms with Crippen LogP contribution in [0.25, 0.3) is 0 Å². The quantitative estimate of drug-likeness (QED) is 0.378. The van der Waals surface area contributed by atoms with Gasteiger partial charge in [0.1, 0.15) is 5.82 Å². The molecule has 0 aliphatic carbocycles. The second-order valence-corrected chi connectivity index (χ2v) is 11.4. The molecule has 1 aromatic heterocycles. The average Bonchev–Trinajstić information content (AvgIpc) is 2.90. The number of nitrogens with zero attached hydrogens (tertiary/aromatic N) is 3. The van der Waals surface area contributed by atoms with Crippen molar-refractivity contribution < 1.29 is 49.1 Å². The van der Waals surface area contributed by atoms with E-state index in [1.165, 1.54) is 12.4 Å². The maximum atomic E-state index is 13.7. The number of benzene rings is 2. The van der Waals surface area contributed by atoms with Crippen LogP contribution in [0.5, 0.6) is 0 Å². The number of alkyl halides is 6. The summed E-state index contributed by atoms with van der Waals surface area (Å²) in [5, 5.41) is 12.4. The zero-order valence-electron chi connectivity index (χ0n) is 21.7. The van der Waals surface area contributed by atoms with Crippen molar-refractivity contribution >= 4 is 21.6 Å².